The molecule has 0 saturated carbocycles. The standard InChI is InChI=1S/C27H24Cl2F2N2O3/c1-14-7-10-21(36-14)26(2,3)12-20-27(13-32,17-9-8-15(28)11-19(17)30)22(24(33-20)25(34)35)16-5-4-6-18(29)23(16)31/h4-11,20,22,24,33H,12H2,1-3H3,(H,34,35). The Morgan fingerprint density at radius 2 is 1.94 bits per heavy atom. The number of hydrogen-bond acceptors (Lipinski definition) is 4. The van der Waals surface area contributed by atoms with Crippen molar-refractivity contribution in [2.75, 3.05) is 0 Å². The van der Waals surface area contributed by atoms with E-state index in [9.17, 15) is 15.2 Å². The Morgan fingerprint density at radius 3 is 2.53 bits per heavy atom. The van der Waals surface area contributed by atoms with E-state index in [1.165, 1.54) is 30.3 Å². The lowest BCUT2D eigenvalue weighted by Gasteiger charge is -2.37. The maximum atomic E-state index is 15.5. The summed E-state index contributed by atoms with van der Waals surface area (Å²) in [5.41, 5.74) is -2.69. The van der Waals surface area contributed by atoms with Gasteiger partial charge in [-0.1, -0.05) is 55.2 Å². The molecule has 4 atom stereocenters. The van der Waals surface area contributed by atoms with E-state index in [0.29, 0.717) is 11.5 Å². The predicted octanol–water partition coefficient (Wildman–Crippen LogP) is 6.51. The Morgan fingerprint density at radius 1 is 1.22 bits per heavy atom. The van der Waals surface area contributed by atoms with Crippen LogP contribution in [0.2, 0.25) is 10.0 Å². The normalized spacial score (nSPS) is 24.0. The second kappa shape index (κ2) is 9.51. The summed E-state index contributed by atoms with van der Waals surface area (Å²) in [4.78, 5) is 12.5. The van der Waals surface area contributed by atoms with E-state index >= 15 is 8.78 Å². The number of carboxylic acids is 1. The van der Waals surface area contributed by atoms with Gasteiger partial charge in [0.2, 0.25) is 0 Å². The van der Waals surface area contributed by atoms with E-state index in [1.54, 1.807) is 13.0 Å². The van der Waals surface area contributed by atoms with Crippen molar-refractivity contribution in [2.45, 2.75) is 56.0 Å². The zero-order valence-corrected chi connectivity index (χ0v) is 21.3. The van der Waals surface area contributed by atoms with Gasteiger partial charge in [0.1, 0.15) is 34.6 Å². The third-order valence-electron chi connectivity index (χ3n) is 7.02. The molecule has 0 bridgehead atoms. The van der Waals surface area contributed by atoms with Gasteiger partial charge in [-0.05, 0) is 49.2 Å². The summed E-state index contributed by atoms with van der Waals surface area (Å²) in [5, 5.41) is 23.8. The first-order chi connectivity index (χ1) is 16.9. The van der Waals surface area contributed by atoms with Gasteiger partial charge in [0, 0.05) is 28.0 Å². The number of benzene rings is 2. The van der Waals surface area contributed by atoms with Crippen molar-refractivity contribution < 1.29 is 23.1 Å². The molecule has 4 rings (SSSR count). The van der Waals surface area contributed by atoms with Crippen LogP contribution in [0.3, 0.4) is 0 Å². The fourth-order valence-electron chi connectivity index (χ4n) is 5.34. The fourth-order valence-corrected chi connectivity index (χ4v) is 5.68. The molecule has 9 heteroatoms. The van der Waals surface area contributed by atoms with Gasteiger partial charge in [-0.15, -0.1) is 0 Å². The molecule has 1 aromatic heterocycles. The number of aryl methyl sites for hydroxylation is 1. The van der Waals surface area contributed by atoms with Gasteiger partial charge in [0.15, 0.2) is 0 Å². The Labute approximate surface area is 217 Å². The smallest absolute Gasteiger partial charge is 0.321 e. The van der Waals surface area contributed by atoms with Gasteiger partial charge in [-0.2, -0.15) is 5.26 Å². The minimum Gasteiger partial charge on any atom is -0.480 e. The number of rotatable bonds is 6. The van der Waals surface area contributed by atoms with Crippen molar-refractivity contribution in [3.8, 4) is 6.07 Å². The molecule has 2 N–H and O–H groups in total. The SMILES string of the molecule is Cc1ccc(C(C)(C)CC2NC(C(=O)O)C(c3cccc(Cl)c3F)C2(C#N)c2ccc(Cl)cc2F)o1. The lowest BCUT2D eigenvalue weighted by Crippen LogP contribution is -2.46. The maximum Gasteiger partial charge on any atom is 0.321 e. The second-order valence-corrected chi connectivity index (χ2v) is 10.6. The van der Waals surface area contributed by atoms with Crippen LogP contribution in [0.4, 0.5) is 8.78 Å². The third kappa shape index (κ3) is 4.28. The molecule has 1 aliphatic rings. The largest absolute Gasteiger partial charge is 0.480 e. The summed E-state index contributed by atoms with van der Waals surface area (Å²) < 4.78 is 36.7. The minimum atomic E-state index is -1.83. The average molecular weight is 533 g/mol. The number of nitriles is 1. The first-order valence-corrected chi connectivity index (χ1v) is 12.0. The van der Waals surface area contributed by atoms with Crippen LogP contribution in [0, 0.1) is 29.9 Å². The van der Waals surface area contributed by atoms with Crippen LogP contribution >= 0.6 is 23.2 Å². The monoisotopic (exact) mass is 532 g/mol. The quantitative estimate of drug-likeness (QED) is 0.377. The average Bonchev–Trinajstić information content (AvgIpc) is 3.38. The number of hydrogen-bond donors (Lipinski definition) is 2. The molecule has 0 spiro atoms. The lowest BCUT2D eigenvalue weighted by atomic mass is 9.62. The zero-order chi connectivity index (χ0) is 26.4. The van der Waals surface area contributed by atoms with Gasteiger partial charge < -0.3 is 9.52 Å². The first-order valence-electron chi connectivity index (χ1n) is 11.3. The molecule has 3 aromatic rings. The Kier molecular flexibility index (Phi) is 6.91. The molecular formula is C27H24Cl2F2N2O3. The van der Waals surface area contributed by atoms with Crippen LogP contribution in [0.5, 0.6) is 0 Å². The summed E-state index contributed by atoms with van der Waals surface area (Å²) in [6.45, 7) is 5.57. The predicted molar refractivity (Wildman–Crippen MR) is 132 cm³/mol. The van der Waals surface area contributed by atoms with E-state index in [1.807, 2.05) is 19.9 Å². The highest BCUT2D eigenvalue weighted by atomic mass is 35.5. The molecule has 5 nitrogen and oxygen atoms in total. The number of carbonyl (C=O) groups is 1. The van der Waals surface area contributed by atoms with Crippen molar-refractivity contribution in [3.05, 3.63) is 92.9 Å². The van der Waals surface area contributed by atoms with Crippen molar-refractivity contribution in [2.24, 2.45) is 0 Å². The first kappa shape index (κ1) is 26.2. The highest BCUT2D eigenvalue weighted by molar-refractivity contribution is 6.31. The van der Waals surface area contributed by atoms with Crippen molar-refractivity contribution in [1.82, 2.24) is 5.32 Å². The van der Waals surface area contributed by atoms with Gasteiger partial charge >= 0.3 is 5.97 Å². The Balaban J connectivity index is 1.99. The van der Waals surface area contributed by atoms with Crippen molar-refractivity contribution >= 4 is 29.2 Å². The summed E-state index contributed by atoms with van der Waals surface area (Å²) in [7, 11) is 0. The molecular weight excluding hydrogens is 509 g/mol. The van der Waals surface area contributed by atoms with Crippen LogP contribution < -0.4 is 5.32 Å². The van der Waals surface area contributed by atoms with Crippen LogP contribution in [0.1, 0.15) is 48.8 Å². The number of nitrogens with one attached hydrogen (secondary N) is 1. The second-order valence-electron chi connectivity index (χ2n) is 9.76. The van der Waals surface area contributed by atoms with E-state index in [0.717, 1.165) is 6.07 Å². The van der Waals surface area contributed by atoms with Crippen LogP contribution in [-0.4, -0.2) is 23.2 Å². The molecule has 2 aromatic carbocycles. The minimum absolute atomic E-state index is 0.0774. The van der Waals surface area contributed by atoms with E-state index in [-0.39, 0.29) is 27.6 Å². The number of halogens is 4. The number of nitrogens with zero attached hydrogens (tertiary/aromatic N) is 1. The summed E-state index contributed by atoms with van der Waals surface area (Å²) in [6.07, 6.45) is 0.179. The highest BCUT2D eigenvalue weighted by Gasteiger charge is 2.61. The van der Waals surface area contributed by atoms with E-state index < -0.39 is 46.4 Å². The summed E-state index contributed by atoms with van der Waals surface area (Å²) in [6, 6.07) is 11.5. The number of carboxylic acid groups (broad SMARTS) is 1. The third-order valence-corrected chi connectivity index (χ3v) is 7.55. The molecule has 1 aliphatic heterocycles. The molecule has 0 radical (unpaired) electrons. The van der Waals surface area contributed by atoms with Gasteiger partial charge in [-0.25, -0.2) is 8.78 Å². The maximum absolute atomic E-state index is 15.5. The van der Waals surface area contributed by atoms with Crippen molar-refractivity contribution in [1.29, 1.82) is 5.26 Å². The Bertz CT molecular complexity index is 1370. The molecule has 36 heavy (non-hydrogen) atoms. The van der Waals surface area contributed by atoms with Crippen molar-refractivity contribution in [3.63, 3.8) is 0 Å². The highest BCUT2D eigenvalue weighted by Crippen LogP contribution is 2.53. The summed E-state index contributed by atoms with van der Waals surface area (Å²) in [5.74, 6) is -2.95. The molecule has 1 saturated heterocycles. The molecule has 4 unspecified atom stereocenters. The summed E-state index contributed by atoms with van der Waals surface area (Å²) >= 11 is 12.0. The topological polar surface area (TPSA) is 86.3 Å². The molecule has 0 amide bonds. The Hall–Kier alpha value is -2.92. The van der Waals surface area contributed by atoms with Gasteiger partial charge in [0.25, 0.3) is 0 Å². The number of aliphatic carboxylic acids is 1. The fraction of sp³-hybridized carbons (Fsp3) is 0.333. The lowest BCUT2D eigenvalue weighted by molar-refractivity contribution is -0.139. The van der Waals surface area contributed by atoms with Gasteiger partial charge in [-0.3, -0.25) is 10.1 Å². The molecule has 188 valence electrons. The molecule has 1 fully saturated rings. The van der Waals surface area contributed by atoms with Crippen LogP contribution in [0.25, 0.3) is 0 Å². The molecule has 0 aliphatic carbocycles. The molecule has 2 heterocycles. The van der Waals surface area contributed by atoms with Crippen LogP contribution in [0.15, 0.2) is 52.9 Å². The van der Waals surface area contributed by atoms with E-state index in [2.05, 4.69) is 11.4 Å². The van der Waals surface area contributed by atoms with Gasteiger partial charge in [0.05, 0.1) is 11.1 Å². The zero-order valence-electron chi connectivity index (χ0n) is 19.8. The van der Waals surface area contributed by atoms with E-state index in [4.69, 9.17) is 27.6 Å². The number of furan rings is 1. The van der Waals surface area contributed by atoms with Crippen LogP contribution in [-0.2, 0) is 15.6 Å².